The van der Waals surface area contributed by atoms with Gasteiger partial charge in [-0.15, -0.1) is 0 Å². The fraction of sp³-hybridized carbons (Fsp3) is 0.364. The molecule has 1 fully saturated rings. The molecule has 0 saturated carbocycles. The van der Waals surface area contributed by atoms with Crippen molar-refractivity contribution in [3.63, 3.8) is 0 Å². The van der Waals surface area contributed by atoms with Crippen LogP contribution in [0.1, 0.15) is 46.1 Å². The maximum absolute atomic E-state index is 12.6. The molecule has 2 aromatic rings. The number of carbonyl (C=O) groups is 2. The van der Waals surface area contributed by atoms with Gasteiger partial charge in [0.05, 0.1) is 5.54 Å². The quantitative estimate of drug-likeness (QED) is 0.754. The van der Waals surface area contributed by atoms with E-state index < -0.39 is 17.2 Å². The van der Waals surface area contributed by atoms with Crippen LogP contribution in [0, 0.1) is 0 Å². The Morgan fingerprint density at radius 2 is 1.58 bits per heavy atom. The zero-order valence-corrected chi connectivity index (χ0v) is 15.8. The number of imide groups is 1. The summed E-state index contributed by atoms with van der Waals surface area (Å²) < 4.78 is 5.47. The Kier molecular flexibility index (Phi) is 4.61. The summed E-state index contributed by atoms with van der Waals surface area (Å²) >= 11 is 0. The van der Waals surface area contributed by atoms with Gasteiger partial charge in [-0.05, 0) is 50.8 Å². The van der Waals surface area contributed by atoms with Gasteiger partial charge in [-0.2, -0.15) is 0 Å². The molecule has 0 radical (unpaired) electrons. The predicted molar refractivity (Wildman–Crippen MR) is 102 cm³/mol. The van der Waals surface area contributed by atoms with Crippen LogP contribution in [0.5, 0.6) is 0 Å². The minimum absolute atomic E-state index is 0.186. The standard InChI is InChI=1S/C22H25NO3/c1-21(2,3)26-20(25)23-19(24)14-15-22(23,4)18-12-10-17(11-13-18)16-8-6-5-7-9-16/h5-13H,14-15H2,1-4H3/t22-/m0/s1. The molecular formula is C22H25NO3. The molecule has 4 nitrogen and oxygen atoms in total. The zero-order chi connectivity index (χ0) is 18.9. The number of benzene rings is 2. The summed E-state index contributed by atoms with van der Waals surface area (Å²) in [6, 6.07) is 18.2. The molecule has 0 aliphatic carbocycles. The average molecular weight is 351 g/mol. The first kappa shape index (κ1) is 18.2. The molecule has 4 heteroatoms. The molecule has 136 valence electrons. The third-order valence-corrected chi connectivity index (χ3v) is 4.76. The van der Waals surface area contributed by atoms with Crippen LogP contribution in [0.4, 0.5) is 4.79 Å². The van der Waals surface area contributed by atoms with Crippen molar-refractivity contribution in [3.05, 3.63) is 60.2 Å². The van der Waals surface area contributed by atoms with E-state index >= 15 is 0 Å². The maximum Gasteiger partial charge on any atom is 0.417 e. The lowest BCUT2D eigenvalue weighted by Gasteiger charge is -2.35. The first-order chi connectivity index (χ1) is 12.2. The molecule has 0 N–H and O–H groups in total. The maximum atomic E-state index is 12.6. The molecule has 26 heavy (non-hydrogen) atoms. The van der Waals surface area contributed by atoms with E-state index in [2.05, 4.69) is 12.1 Å². The summed E-state index contributed by atoms with van der Waals surface area (Å²) in [6.45, 7) is 7.34. The Hall–Kier alpha value is -2.62. The van der Waals surface area contributed by atoms with Crippen molar-refractivity contribution < 1.29 is 14.3 Å². The van der Waals surface area contributed by atoms with Gasteiger partial charge in [0.2, 0.25) is 5.91 Å². The summed E-state index contributed by atoms with van der Waals surface area (Å²) in [7, 11) is 0. The topological polar surface area (TPSA) is 46.6 Å². The third kappa shape index (κ3) is 3.50. The van der Waals surface area contributed by atoms with Crippen LogP contribution in [0.3, 0.4) is 0 Å². The van der Waals surface area contributed by atoms with Crippen molar-refractivity contribution in [1.82, 2.24) is 4.90 Å². The van der Waals surface area contributed by atoms with Crippen molar-refractivity contribution in [1.29, 1.82) is 0 Å². The summed E-state index contributed by atoms with van der Waals surface area (Å²) in [5, 5.41) is 0. The molecule has 0 aromatic heterocycles. The molecule has 2 amide bonds. The van der Waals surface area contributed by atoms with E-state index in [1.54, 1.807) is 20.8 Å². The van der Waals surface area contributed by atoms with E-state index in [-0.39, 0.29) is 5.91 Å². The molecule has 1 aliphatic rings. The SMILES string of the molecule is CC(C)(C)OC(=O)N1C(=O)CC[C@@]1(C)c1ccc(-c2ccccc2)cc1. The van der Waals surface area contributed by atoms with Gasteiger partial charge in [0.1, 0.15) is 5.60 Å². The molecule has 0 spiro atoms. The van der Waals surface area contributed by atoms with Crippen LogP contribution in [-0.4, -0.2) is 22.5 Å². The Labute approximate surface area is 154 Å². The molecular weight excluding hydrogens is 326 g/mol. The number of hydrogen-bond acceptors (Lipinski definition) is 3. The summed E-state index contributed by atoms with van der Waals surface area (Å²) in [5.74, 6) is -0.186. The van der Waals surface area contributed by atoms with Crippen LogP contribution < -0.4 is 0 Å². The second-order valence-corrected chi connectivity index (χ2v) is 7.93. The first-order valence-electron chi connectivity index (χ1n) is 8.93. The normalized spacial score (nSPS) is 20.3. The molecule has 1 aliphatic heterocycles. The Balaban J connectivity index is 1.91. The van der Waals surface area contributed by atoms with Crippen LogP contribution >= 0.6 is 0 Å². The number of amides is 2. The highest BCUT2D eigenvalue weighted by atomic mass is 16.6. The number of likely N-dealkylation sites (tertiary alicyclic amines) is 1. The minimum atomic E-state index is -0.686. The third-order valence-electron chi connectivity index (χ3n) is 4.76. The minimum Gasteiger partial charge on any atom is -0.443 e. The molecule has 0 bridgehead atoms. The van der Waals surface area contributed by atoms with E-state index in [0.29, 0.717) is 12.8 Å². The highest BCUT2D eigenvalue weighted by molar-refractivity contribution is 5.95. The van der Waals surface area contributed by atoms with E-state index in [9.17, 15) is 9.59 Å². The first-order valence-corrected chi connectivity index (χ1v) is 8.93. The highest BCUT2D eigenvalue weighted by Crippen LogP contribution is 2.40. The van der Waals surface area contributed by atoms with Gasteiger partial charge in [0.15, 0.2) is 0 Å². The van der Waals surface area contributed by atoms with Gasteiger partial charge in [-0.3, -0.25) is 4.79 Å². The van der Waals surface area contributed by atoms with Crippen LogP contribution in [0.2, 0.25) is 0 Å². The number of rotatable bonds is 2. The van der Waals surface area contributed by atoms with E-state index in [1.807, 2.05) is 49.4 Å². The molecule has 1 saturated heterocycles. The van der Waals surface area contributed by atoms with E-state index in [4.69, 9.17) is 4.74 Å². The van der Waals surface area contributed by atoms with Gasteiger partial charge in [0.25, 0.3) is 0 Å². The average Bonchev–Trinajstić information content (AvgIpc) is 2.90. The lowest BCUT2D eigenvalue weighted by atomic mass is 9.88. The van der Waals surface area contributed by atoms with Crippen molar-refractivity contribution in [2.75, 3.05) is 0 Å². The van der Waals surface area contributed by atoms with Crippen LogP contribution in [0.25, 0.3) is 11.1 Å². The number of nitrogens with zero attached hydrogens (tertiary/aromatic N) is 1. The smallest absolute Gasteiger partial charge is 0.417 e. The highest BCUT2D eigenvalue weighted by Gasteiger charge is 2.48. The second kappa shape index (κ2) is 6.60. The van der Waals surface area contributed by atoms with Gasteiger partial charge in [0, 0.05) is 6.42 Å². The van der Waals surface area contributed by atoms with E-state index in [0.717, 1.165) is 16.7 Å². The molecule has 1 atom stereocenters. The van der Waals surface area contributed by atoms with Crippen LogP contribution in [0.15, 0.2) is 54.6 Å². The van der Waals surface area contributed by atoms with Gasteiger partial charge in [-0.25, -0.2) is 9.69 Å². The van der Waals surface area contributed by atoms with Crippen LogP contribution in [-0.2, 0) is 15.1 Å². The summed E-state index contributed by atoms with van der Waals surface area (Å²) in [4.78, 5) is 26.3. The fourth-order valence-corrected chi connectivity index (χ4v) is 3.39. The summed E-state index contributed by atoms with van der Waals surface area (Å²) in [5.41, 5.74) is 1.85. The second-order valence-electron chi connectivity index (χ2n) is 7.93. The Morgan fingerprint density at radius 1 is 1.00 bits per heavy atom. The largest absolute Gasteiger partial charge is 0.443 e. The molecule has 1 heterocycles. The lowest BCUT2D eigenvalue weighted by molar-refractivity contribution is -0.130. The van der Waals surface area contributed by atoms with Gasteiger partial charge in [-0.1, -0.05) is 54.6 Å². The fourth-order valence-electron chi connectivity index (χ4n) is 3.39. The summed E-state index contributed by atoms with van der Waals surface area (Å²) in [6.07, 6.45) is 0.362. The van der Waals surface area contributed by atoms with Gasteiger partial charge < -0.3 is 4.74 Å². The Morgan fingerprint density at radius 3 is 2.15 bits per heavy atom. The molecule has 0 unspecified atom stereocenters. The van der Waals surface area contributed by atoms with Crippen molar-refractivity contribution in [2.45, 2.75) is 51.7 Å². The number of hydrogen-bond donors (Lipinski definition) is 0. The van der Waals surface area contributed by atoms with Gasteiger partial charge >= 0.3 is 6.09 Å². The molecule has 2 aromatic carbocycles. The van der Waals surface area contributed by atoms with E-state index in [1.165, 1.54) is 4.90 Å². The monoisotopic (exact) mass is 351 g/mol. The predicted octanol–water partition coefficient (Wildman–Crippen LogP) is 5.13. The van der Waals surface area contributed by atoms with Crippen molar-refractivity contribution in [2.24, 2.45) is 0 Å². The Bertz CT molecular complexity index is 806. The van der Waals surface area contributed by atoms with Crippen molar-refractivity contribution >= 4 is 12.0 Å². The number of carbonyl (C=O) groups excluding carboxylic acids is 2. The molecule has 3 rings (SSSR count). The lowest BCUT2D eigenvalue weighted by Crippen LogP contribution is -2.47. The zero-order valence-electron chi connectivity index (χ0n) is 15.8. The van der Waals surface area contributed by atoms with Crippen molar-refractivity contribution in [3.8, 4) is 11.1 Å². The number of ether oxygens (including phenoxy) is 1.